The first-order chi connectivity index (χ1) is 11.7. The fourth-order valence-corrected chi connectivity index (χ4v) is 3.53. The summed E-state index contributed by atoms with van der Waals surface area (Å²) in [5, 5.41) is 0. The SMILES string of the molecule is FC(F)c1cn2c(-c3nccc(N4CCSCC4)n3)cnc2cn1.O.O. The average molecular weight is 384 g/mol. The first-order valence-electron chi connectivity index (χ1n) is 7.49. The second-order valence-corrected chi connectivity index (χ2v) is 6.55. The zero-order chi connectivity index (χ0) is 16.5. The van der Waals surface area contributed by atoms with Gasteiger partial charge < -0.3 is 15.9 Å². The molecule has 26 heavy (non-hydrogen) atoms. The minimum atomic E-state index is -2.64. The third-order valence-electron chi connectivity index (χ3n) is 3.84. The van der Waals surface area contributed by atoms with Crippen LogP contribution >= 0.6 is 11.8 Å². The Morgan fingerprint density at radius 3 is 2.54 bits per heavy atom. The molecule has 0 radical (unpaired) electrons. The lowest BCUT2D eigenvalue weighted by Gasteiger charge is -2.27. The van der Waals surface area contributed by atoms with E-state index >= 15 is 0 Å². The van der Waals surface area contributed by atoms with E-state index in [4.69, 9.17) is 0 Å². The molecule has 0 amide bonds. The van der Waals surface area contributed by atoms with E-state index in [0.29, 0.717) is 17.2 Å². The van der Waals surface area contributed by atoms with Gasteiger partial charge in [-0.15, -0.1) is 0 Å². The number of fused-ring (bicyclic) bond motifs is 1. The molecule has 1 fully saturated rings. The Balaban J connectivity index is 0.00000121. The summed E-state index contributed by atoms with van der Waals surface area (Å²) in [6, 6.07) is 1.87. The Morgan fingerprint density at radius 2 is 1.81 bits per heavy atom. The van der Waals surface area contributed by atoms with Gasteiger partial charge in [0.05, 0.1) is 12.4 Å². The lowest BCUT2D eigenvalue weighted by Crippen LogP contribution is -2.33. The number of hydrogen-bond donors (Lipinski definition) is 0. The molecule has 1 aliphatic heterocycles. The lowest BCUT2D eigenvalue weighted by atomic mass is 10.4. The number of anilines is 1. The van der Waals surface area contributed by atoms with Gasteiger partial charge in [-0.2, -0.15) is 11.8 Å². The quantitative estimate of drug-likeness (QED) is 0.664. The van der Waals surface area contributed by atoms with Crippen molar-refractivity contribution in [3.8, 4) is 11.5 Å². The van der Waals surface area contributed by atoms with Crippen molar-refractivity contribution in [1.29, 1.82) is 0 Å². The molecule has 8 nitrogen and oxygen atoms in total. The van der Waals surface area contributed by atoms with E-state index in [0.717, 1.165) is 30.4 Å². The maximum atomic E-state index is 12.9. The molecule has 11 heteroatoms. The molecule has 0 bridgehead atoms. The molecule has 3 aromatic rings. The monoisotopic (exact) mass is 384 g/mol. The van der Waals surface area contributed by atoms with Crippen molar-refractivity contribution >= 4 is 23.2 Å². The number of halogens is 2. The number of rotatable bonds is 3. The normalized spacial score (nSPS) is 14.2. The molecule has 0 aromatic carbocycles. The second kappa shape index (κ2) is 8.34. The van der Waals surface area contributed by atoms with Crippen LogP contribution in [-0.2, 0) is 0 Å². The molecule has 0 aliphatic carbocycles. The molecular formula is C15H18F2N6O2S. The molecule has 4 rings (SSSR count). The fraction of sp³-hybridized carbons (Fsp3) is 0.333. The summed E-state index contributed by atoms with van der Waals surface area (Å²) < 4.78 is 27.4. The van der Waals surface area contributed by atoms with Gasteiger partial charge in [-0.3, -0.25) is 4.40 Å². The summed E-state index contributed by atoms with van der Waals surface area (Å²) in [7, 11) is 0. The Labute approximate surface area is 151 Å². The van der Waals surface area contributed by atoms with E-state index in [1.807, 2.05) is 17.8 Å². The van der Waals surface area contributed by atoms with Crippen LogP contribution in [0.1, 0.15) is 12.1 Å². The smallest absolute Gasteiger partial charge is 0.281 e. The first-order valence-corrected chi connectivity index (χ1v) is 8.65. The van der Waals surface area contributed by atoms with Gasteiger partial charge in [0, 0.05) is 37.0 Å². The van der Waals surface area contributed by atoms with E-state index in [9.17, 15) is 8.78 Å². The molecule has 3 aromatic heterocycles. The van der Waals surface area contributed by atoms with Crippen LogP contribution in [0, 0.1) is 0 Å². The van der Waals surface area contributed by atoms with Gasteiger partial charge in [0.2, 0.25) is 0 Å². The van der Waals surface area contributed by atoms with Crippen molar-refractivity contribution in [1.82, 2.24) is 24.3 Å². The standard InChI is InChI=1S/C15H14F2N6S.2H2O/c16-14(17)10-9-23-11(7-20-13(23)8-19-10)15-18-2-1-12(21-15)22-3-5-24-6-4-22;;/h1-2,7-9,14H,3-6H2;2*1H2. The van der Waals surface area contributed by atoms with Crippen LogP contribution in [0.3, 0.4) is 0 Å². The molecule has 0 spiro atoms. The number of imidazole rings is 1. The van der Waals surface area contributed by atoms with Gasteiger partial charge in [0.1, 0.15) is 17.2 Å². The van der Waals surface area contributed by atoms with E-state index in [2.05, 4.69) is 24.8 Å². The van der Waals surface area contributed by atoms with Gasteiger partial charge in [-0.1, -0.05) is 0 Å². The second-order valence-electron chi connectivity index (χ2n) is 5.32. The average Bonchev–Trinajstić information content (AvgIpc) is 3.05. The zero-order valence-corrected chi connectivity index (χ0v) is 14.5. The minimum absolute atomic E-state index is 0. The van der Waals surface area contributed by atoms with Crippen LogP contribution in [0.5, 0.6) is 0 Å². The Hall–Kier alpha value is -2.37. The zero-order valence-electron chi connectivity index (χ0n) is 13.6. The Bertz CT molecular complexity index is 872. The van der Waals surface area contributed by atoms with Crippen LogP contribution in [0.15, 0.2) is 30.9 Å². The predicted molar refractivity (Wildman–Crippen MR) is 95.7 cm³/mol. The number of hydrogen-bond acceptors (Lipinski definition) is 6. The summed E-state index contributed by atoms with van der Waals surface area (Å²) in [6.07, 6.45) is 3.25. The molecule has 140 valence electrons. The van der Waals surface area contributed by atoms with E-state index in [1.165, 1.54) is 12.4 Å². The minimum Gasteiger partial charge on any atom is -0.412 e. The predicted octanol–water partition coefficient (Wildman–Crippen LogP) is 1.03. The number of thioether (sulfide) groups is 1. The van der Waals surface area contributed by atoms with E-state index in [1.54, 1.807) is 16.8 Å². The summed E-state index contributed by atoms with van der Waals surface area (Å²) in [6.45, 7) is 1.88. The Morgan fingerprint density at radius 1 is 1.04 bits per heavy atom. The largest absolute Gasteiger partial charge is 0.412 e. The van der Waals surface area contributed by atoms with Crippen molar-refractivity contribution in [3.63, 3.8) is 0 Å². The highest BCUT2D eigenvalue weighted by Crippen LogP contribution is 2.23. The highest BCUT2D eigenvalue weighted by atomic mass is 32.2. The fourth-order valence-electron chi connectivity index (χ4n) is 2.62. The summed E-state index contributed by atoms with van der Waals surface area (Å²) in [4.78, 5) is 19.0. The number of nitrogens with zero attached hydrogens (tertiary/aromatic N) is 6. The lowest BCUT2D eigenvalue weighted by molar-refractivity contribution is 0.145. The molecule has 4 N–H and O–H groups in total. The maximum Gasteiger partial charge on any atom is 0.281 e. The van der Waals surface area contributed by atoms with Crippen molar-refractivity contribution < 1.29 is 19.7 Å². The Kier molecular flexibility index (Phi) is 6.40. The number of alkyl halides is 2. The van der Waals surface area contributed by atoms with Gasteiger partial charge in [-0.25, -0.2) is 28.7 Å². The van der Waals surface area contributed by atoms with Crippen LogP contribution < -0.4 is 4.90 Å². The van der Waals surface area contributed by atoms with Gasteiger partial charge >= 0.3 is 0 Å². The molecule has 0 saturated carbocycles. The first kappa shape index (κ1) is 19.9. The molecule has 1 aliphatic rings. The van der Waals surface area contributed by atoms with Gasteiger partial charge in [0.25, 0.3) is 6.43 Å². The van der Waals surface area contributed by atoms with Crippen molar-refractivity contribution in [3.05, 3.63) is 36.5 Å². The molecule has 1 saturated heterocycles. The third-order valence-corrected chi connectivity index (χ3v) is 4.79. The number of aromatic nitrogens is 5. The molecular weight excluding hydrogens is 366 g/mol. The highest BCUT2D eigenvalue weighted by Gasteiger charge is 2.17. The van der Waals surface area contributed by atoms with E-state index < -0.39 is 6.43 Å². The van der Waals surface area contributed by atoms with E-state index in [-0.39, 0.29) is 16.6 Å². The van der Waals surface area contributed by atoms with Crippen LogP contribution in [0.4, 0.5) is 14.6 Å². The van der Waals surface area contributed by atoms with Crippen molar-refractivity contribution in [2.75, 3.05) is 29.5 Å². The van der Waals surface area contributed by atoms with Crippen LogP contribution in [-0.4, -0.2) is 59.9 Å². The van der Waals surface area contributed by atoms with Crippen LogP contribution in [0.25, 0.3) is 17.2 Å². The summed E-state index contributed by atoms with van der Waals surface area (Å²) in [5.41, 5.74) is 0.756. The molecule has 4 heterocycles. The summed E-state index contributed by atoms with van der Waals surface area (Å²) >= 11 is 1.92. The molecule has 0 unspecified atom stereocenters. The molecule has 0 atom stereocenters. The topological polar surface area (TPSA) is 122 Å². The third kappa shape index (κ3) is 3.74. The van der Waals surface area contributed by atoms with Crippen LogP contribution in [0.2, 0.25) is 0 Å². The summed E-state index contributed by atoms with van der Waals surface area (Å²) in [5.74, 6) is 3.44. The van der Waals surface area contributed by atoms with Gasteiger partial charge in [-0.05, 0) is 6.07 Å². The van der Waals surface area contributed by atoms with Gasteiger partial charge in [0.15, 0.2) is 11.5 Å². The highest BCUT2D eigenvalue weighted by molar-refractivity contribution is 7.99. The van der Waals surface area contributed by atoms with Crippen molar-refractivity contribution in [2.45, 2.75) is 6.43 Å². The maximum absolute atomic E-state index is 12.9. The van der Waals surface area contributed by atoms with Crippen molar-refractivity contribution in [2.24, 2.45) is 0 Å².